The van der Waals surface area contributed by atoms with E-state index in [0.29, 0.717) is 30.8 Å². The fourth-order valence-corrected chi connectivity index (χ4v) is 4.34. The molecule has 0 spiro atoms. The van der Waals surface area contributed by atoms with E-state index in [1.54, 1.807) is 19.2 Å². The van der Waals surface area contributed by atoms with E-state index >= 15 is 0 Å². The molecule has 3 aromatic carbocycles. The summed E-state index contributed by atoms with van der Waals surface area (Å²) in [6, 6.07) is 20.0. The number of hydrogen-bond donors (Lipinski definition) is 1. The molecule has 1 aromatic heterocycles. The number of amides is 1. The second-order valence-corrected chi connectivity index (χ2v) is 8.67. The summed E-state index contributed by atoms with van der Waals surface area (Å²) in [5.74, 6) is 1.35. The molecule has 34 heavy (non-hydrogen) atoms. The van der Waals surface area contributed by atoms with Crippen molar-refractivity contribution in [1.29, 1.82) is 0 Å². The van der Waals surface area contributed by atoms with E-state index in [2.05, 4.69) is 10.3 Å². The van der Waals surface area contributed by atoms with Crippen LogP contribution in [0.2, 0.25) is 5.02 Å². The Labute approximate surface area is 203 Å². The van der Waals surface area contributed by atoms with Crippen molar-refractivity contribution in [3.63, 3.8) is 0 Å². The summed E-state index contributed by atoms with van der Waals surface area (Å²) >= 11 is 6.06. The first-order valence-corrected chi connectivity index (χ1v) is 11.6. The summed E-state index contributed by atoms with van der Waals surface area (Å²) < 4.78 is 20.7. The van der Waals surface area contributed by atoms with Crippen LogP contribution in [0.5, 0.6) is 5.75 Å². The van der Waals surface area contributed by atoms with Crippen molar-refractivity contribution >= 4 is 28.5 Å². The van der Waals surface area contributed by atoms with Crippen molar-refractivity contribution in [2.24, 2.45) is 7.05 Å². The molecule has 0 aliphatic heterocycles. The number of rotatable bonds is 9. The van der Waals surface area contributed by atoms with Crippen LogP contribution in [0, 0.1) is 5.82 Å². The molecule has 1 N–H and O–H groups in total. The Morgan fingerprint density at radius 3 is 2.44 bits per heavy atom. The standard InChI is InChI=1S/C27H27ClFN3O2/c1-32-25-12-7-20(28)17-24(25)31-26(32)13-14-27(33)30-16-15-23(18-3-8-21(29)9-4-18)19-5-10-22(34-2)11-6-19/h3-12,17,23H,13-16H2,1-2H3,(H,30,33). The maximum Gasteiger partial charge on any atom is 0.220 e. The van der Waals surface area contributed by atoms with Gasteiger partial charge >= 0.3 is 0 Å². The fraction of sp³-hybridized carbons (Fsp3) is 0.259. The molecule has 5 nitrogen and oxygen atoms in total. The third kappa shape index (κ3) is 5.57. The highest BCUT2D eigenvalue weighted by Crippen LogP contribution is 2.29. The number of aryl methyl sites for hydroxylation is 2. The predicted octanol–water partition coefficient (Wildman–Crippen LogP) is 5.65. The third-order valence-corrected chi connectivity index (χ3v) is 6.29. The van der Waals surface area contributed by atoms with E-state index in [9.17, 15) is 9.18 Å². The molecule has 1 amide bonds. The predicted molar refractivity (Wildman–Crippen MR) is 133 cm³/mol. The number of fused-ring (bicyclic) bond motifs is 1. The third-order valence-electron chi connectivity index (χ3n) is 6.06. The van der Waals surface area contributed by atoms with Crippen LogP contribution in [0.15, 0.2) is 66.7 Å². The van der Waals surface area contributed by atoms with Crippen molar-refractivity contribution in [3.8, 4) is 5.75 Å². The number of aromatic nitrogens is 2. The lowest BCUT2D eigenvalue weighted by molar-refractivity contribution is -0.121. The lowest BCUT2D eigenvalue weighted by atomic mass is 9.88. The minimum absolute atomic E-state index is 0.0244. The van der Waals surface area contributed by atoms with Gasteiger partial charge in [-0.15, -0.1) is 0 Å². The van der Waals surface area contributed by atoms with Crippen LogP contribution < -0.4 is 10.1 Å². The zero-order valence-corrected chi connectivity index (χ0v) is 20.0. The van der Waals surface area contributed by atoms with Crippen LogP contribution in [0.3, 0.4) is 0 Å². The minimum atomic E-state index is -0.269. The molecular formula is C27H27ClFN3O2. The number of carbonyl (C=O) groups excluding carboxylic acids is 1. The summed E-state index contributed by atoms with van der Waals surface area (Å²) in [6.07, 6.45) is 1.57. The smallest absolute Gasteiger partial charge is 0.220 e. The van der Waals surface area contributed by atoms with Crippen molar-refractivity contribution in [3.05, 3.63) is 94.5 Å². The van der Waals surface area contributed by atoms with E-state index in [1.165, 1.54) is 12.1 Å². The van der Waals surface area contributed by atoms with Gasteiger partial charge in [-0.3, -0.25) is 4.79 Å². The maximum atomic E-state index is 13.5. The Morgan fingerprint density at radius 2 is 1.76 bits per heavy atom. The van der Waals surface area contributed by atoms with Gasteiger partial charge in [-0.25, -0.2) is 9.37 Å². The van der Waals surface area contributed by atoms with E-state index in [-0.39, 0.29) is 17.6 Å². The Kier molecular flexibility index (Phi) is 7.48. The van der Waals surface area contributed by atoms with Gasteiger partial charge in [0.25, 0.3) is 0 Å². The molecule has 1 heterocycles. The molecule has 0 saturated heterocycles. The summed E-state index contributed by atoms with van der Waals surface area (Å²) in [6.45, 7) is 0.505. The summed E-state index contributed by atoms with van der Waals surface area (Å²) in [7, 11) is 3.57. The number of carbonyl (C=O) groups is 1. The number of nitrogens with zero attached hydrogens (tertiary/aromatic N) is 2. The SMILES string of the molecule is COc1ccc(C(CCNC(=O)CCc2nc3cc(Cl)ccc3n2C)c2ccc(F)cc2)cc1. The van der Waals surface area contributed by atoms with Crippen LogP contribution in [-0.4, -0.2) is 29.1 Å². The molecule has 0 saturated carbocycles. The van der Waals surface area contributed by atoms with E-state index < -0.39 is 0 Å². The van der Waals surface area contributed by atoms with Gasteiger partial charge in [-0.05, 0) is 60.0 Å². The lowest BCUT2D eigenvalue weighted by Gasteiger charge is -2.19. The quantitative estimate of drug-likeness (QED) is 0.337. The number of halogens is 2. The highest BCUT2D eigenvalue weighted by Gasteiger charge is 2.16. The summed E-state index contributed by atoms with van der Waals surface area (Å²) in [5.41, 5.74) is 3.90. The first-order chi connectivity index (χ1) is 16.4. The van der Waals surface area contributed by atoms with Crippen LogP contribution >= 0.6 is 11.6 Å². The summed E-state index contributed by atoms with van der Waals surface area (Å²) in [4.78, 5) is 17.2. The first kappa shape index (κ1) is 23.8. The topological polar surface area (TPSA) is 56.1 Å². The Morgan fingerprint density at radius 1 is 1.09 bits per heavy atom. The number of hydrogen-bond acceptors (Lipinski definition) is 3. The van der Waals surface area contributed by atoms with Gasteiger partial charge in [0.1, 0.15) is 17.4 Å². The average Bonchev–Trinajstić information content (AvgIpc) is 3.16. The molecule has 1 unspecified atom stereocenters. The number of benzene rings is 3. The van der Waals surface area contributed by atoms with Gasteiger partial charge in [-0.2, -0.15) is 0 Å². The highest BCUT2D eigenvalue weighted by atomic mass is 35.5. The van der Waals surface area contributed by atoms with E-state index in [0.717, 1.165) is 33.7 Å². The minimum Gasteiger partial charge on any atom is -0.497 e. The average molecular weight is 480 g/mol. The molecule has 176 valence electrons. The van der Waals surface area contributed by atoms with Gasteiger partial charge in [0.05, 0.1) is 18.1 Å². The second kappa shape index (κ2) is 10.7. The molecule has 7 heteroatoms. The fourth-order valence-electron chi connectivity index (χ4n) is 4.17. The molecule has 4 rings (SSSR count). The maximum absolute atomic E-state index is 13.5. The van der Waals surface area contributed by atoms with Crippen LogP contribution in [0.25, 0.3) is 11.0 Å². The molecule has 0 radical (unpaired) electrons. The zero-order valence-electron chi connectivity index (χ0n) is 19.2. The second-order valence-electron chi connectivity index (χ2n) is 8.24. The van der Waals surface area contributed by atoms with Crippen molar-refractivity contribution in [2.75, 3.05) is 13.7 Å². The number of methoxy groups -OCH3 is 1. The Bertz CT molecular complexity index is 1270. The molecule has 1 atom stereocenters. The molecular weight excluding hydrogens is 453 g/mol. The van der Waals surface area contributed by atoms with Gasteiger partial charge in [-0.1, -0.05) is 35.9 Å². The normalized spacial score (nSPS) is 12.0. The summed E-state index contributed by atoms with van der Waals surface area (Å²) in [5, 5.41) is 3.66. The van der Waals surface area contributed by atoms with Crippen molar-refractivity contribution in [1.82, 2.24) is 14.9 Å². The van der Waals surface area contributed by atoms with E-state index in [4.69, 9.17) is 16.3 Å². The van der Waals surface area contributed by atoms with Gasteiger partial charge < -0.3 is 14.6 Å². The largest absolute Gasteiger partial charge is 0.497 e. The number of imidazole rings is 1. The lowest BCUT2D eigenvalue weighted by Crippen LogP contribution is -2.26. The highest BCUT2D eigenvalue weighted by molar-refractivity contribution is 6.31. The Balaban J connectivity index is 1.37. The molecule has 0 aliphatic carbocycles. The van der Waals surface area contributed by atoms with E-state index in [1.807, 2.05) is 54.1 Å². The molecule has 4 aromatic rings. The molecule has 0 bridgehead atoms. The number of ether oxygens (including phenoxy) is 1. The van der Waals surface area contributed by atoms with Crippen LogP contribution in [-0.2, 0) is 18.3 Å². The molecule has 0 aliphatic rings. The monoisotopic (exact) mass is 479 g/mol. The first-order valence-electron chi connectivity index (χ1n) is 11.2. The van der Waals surface area contributed by atoms with Gasteiger partial charge in [0.2, 0.25) is 5.91 Å². The van der Waals surface area contributed by atoms with Crippen molar-refractivity contribution in [2.45, 2.75) is 25.2 Å². The molecule has 0 fully saturated rings. The van der Waals surface area contributed by atoms with Crippen LogP contribution in [0.1, 0.15) is 35.7 Å². The van der Waals surface area contributed by atoms with Gasteiger partial charge in [0, 0.05) is 37.4 Å². The zero-order chi connectivity index (χ0) is 24.1. The van der Waals surface area contributed by atoms with Crippen molar-refractivity contribution < 1.29 is 13.9 Å². The van der Waals surface area contributed by atoms with Gasteiger partial charge in [0.15, 0.2) is 0 Å². The van der Waals surface area contributed by atoms with Crippen LogP contribution in [0.4, 0.5) is 4.39 Å². The Hall–Kier alpha value is -3.38. The number of nitrogens with one attached hydrogen (secondary N) is 1.